The third-order valence-electron chi connectivity index (χ3n) is 1.84. The molecule has 0 aliphatic carbocycles. The van der Waals surface area contributed by atoms with Crippen molar-refractivity contribution in [1.82, 2.24) is 10.2 Å². The van der Waals surface area contributed by atoms with Gasteiger partial charge in [-0.1, -0.05) is 11.3 Å². The Balaban J connectivity index is 3.23. The fourth-order valence-electron chi connectivity index (χ4n) is 0.607. The van der Waals surface area contributed by atoms with E-state index in [1.165, 1.54) is 17.6 Å². The normalized spacial score (nSPS) is 13.2. The van der Waals surface area contributed by atoms with E-state index >= 15 is 0 Å². The van der Waals surface area contributed by atoms with Crippen LogP contribution in [0, 0.1) is 3.01 Å². The molecule has 0 aliphatic heterocycles. The molecule has 0 saturated carbocycles. The summed E-state index contributed by atoms with van der Waals surface area (Å²) in [6.45, 7) is 3.28. The summed E-state index contributed by atoms with van der Waals surface area (Å²) in [6.07, 6.45) is 1.21. The van der Waals surface area contributed by atoms with Crippen LogP contribution in [0.15, 0.2) is 0 Å². The van der Waals surface area contributed by atoms with Gasteiger partial charge >= 0.3 is 0 Å². The molecule has 0 amide bonds. The summed E-state index contributed by atoms with van der Waals surface area (Å²) in [5.41, 5.74) is 0. The van der Waals surface area contributed by atoms with Crippen LogP contribution in [-0.2, 0) is 14.6 Å². The van der Waals surface area contributed by atoms with Crippen LogP contribution in [0.4, 0.5) is 0 Å². The maximum absolute atomic E-state index is 11.4. The summed E-state index contributed by atoms with van der Waals surface area (Å²) >= 11 is 3.33. The van der Waals surface area contributed by atoms with Crippen LogP contribution in [-0.4, -0.2) is 24.9 Å². The van der Waals surface area contributed by atoms with Crippen molar-refractivity contribution in [1.29, 1.82) is 0 Å². The quantitative estimate of drug-likeness (QED) is 0.769. The van der Waals surface area contributed by atoms with E-state index in [2.05, 4.69) is 10.2 Å². The van der Waals surface area contributed by atoms with Crippen LogP contribution in [0.2, 0.25) is 0 Å². The van der Waals surface area contributed by atoms with Gasteiger partial charge in [0.05, 0.1) is 0 Å². The number of rotatable bonds is 2. The van der Waals surface area contributed by atoms with E-state index in [-0.39, 0.29) is 0 Å². The van der Waals surface area contributed by atoms with Gasteiger partial charge in [-0.3, -0.25) is 0 Å². The van der Waals surface area contributed by atoms with Crippen molar-refractivity contribution >= 4 is 43.8 Å². The molecule has 0 aliphatic rings. The van der Waals surface area contributed by atoms with Gasteiger partial charge in [-0.15, -0.1) is 10.2 Å². The lowest BCUT2D eigenvalue weighted by Gasteiger charge is -2.18. The maximum atomic E-state index is 11.4. The van der Waals surface area contributed by atoms with Crippen molar-refractivity contribution in [3.05, 3.63) is 8.02 Å². The molecule has 0 unspecified atom stereocenters. The standard InChI is InChI=1S/C6H9IN2O2S2/c1-6(2,13(3,10)11)4-8-9-5(7)12-4/h1-3H3. The van der Waals surface area contributed by atoms with Crippen LogP contribution in [0.1, 0.15) is 18.9 Å². The van der Waals surface area contributed by atoms with Crippen molar-refractivity contribution in [2.24, 2.45) is 0 Å². The molecule has 0 bridgehead atoms. The molecular weight excluding hydrogens is 323 g/mol. The number of aromatic nitrogens is 2. The molecule has 0 spiro atoms. The molecule has 1 aromatic heterocycles. The van der Waals surface area contributed by atoms with Gasteiger partial charge in [0.2, 0.25) is 0 Å². The fraction of sp³-hybridized carbons (Fsp3) is 0.667. The molecule has 13 heavy (non-hydrogen) atoms. The average molecular weight is 332 g/mol. The summed E-state index contributed by atoms with van der Waals surface area (Å²) in [5, 5.41) is 8.16. The van der Waals surface area contributed by atoms with Gasteiger partial charge in [-0.25, -0.2) is 8.42 Å². The number of halogens is 1. The second-order valence-corrected chi connectivity index (χ2v) is 8.44. The van der Waals surface area contributed by atoms with Crippen molar-refractivity contribution in [3.63, 3.8) is 0 Å². The minimum Gasteiger partial charge on any atom is -0.228 e. The summed E-state index contributed by atoms with van der Waals surface area (Å²) in [7, 11) is -3.14. The van der Waals surface area contributed by atoms with E-state index in [1.807, 2.05) is 22.6 Å². The molecule has 0 atom stereocenters. The highest BCUT2D eigenvalue weighted by atomic mass is 127. The van der Waals surface area contributed by atoms with Gasteiger partial charge in [0.25, 0.3) is 0 Å². The Kier molecular flexibility index (Phi) is 2.98. The molecule has 1 rings (SSSR count). The first-order valence-electron chi connectivity index (χ1n) is 3.44. The second kappa shape index (κ2) is 3.43. The van der Waals surface area contributed by atoms with E-state index < -0.39 is 14.6 Å². The molecule has 0 N–H and O–H groups in total. The molecule has 4 nitrogen and oxygen atoms in total. The Hall–Kier alpha value is 0.240. The summed E-state index contributed by atoms with van der Waals surface area (Å²) in [4.78, 5) is 0. The highest BCUT2D eigenvalue weighted by molar-refractivity contribution is 14.1. The lowest BCUT2D eigenvalue weighted by atomic mass is 10.2. The smallest absolute Gasteiger partial charge is 0.178 e. The lowest BCUT2D eigenvalue weighted by molar-refractivity contribution is 0.559. The highest BCUT2D eigenvalue weighted by Gasteiger charge is 2.35. The number of sulfone groups is 1. The molecule has 1 heterocycles. The fourth-order valence-corrected chi connectivity index (χ4v) is 2.85. The van der Waals surface area contributed by atoms with Crippen molar-refractivity contribution < 1.29 is 8.42 Å². The van der Waals surface area contributed by atoms with Gasteiger partial charge in [0.1, 0.15) is 9.75 Å². The number of hydrogen-bond donors (Lipinski definition) is 0. The monoisotopic (exact) mass is 332 g/mol. The zero-order chi connectivity index (χ0) is 10.3. The second-order valence-electron chi connectivity index (χ2n) is 3.14. The van der Waals surface area contributed by atoms with Crippen LogP contribution in [0.25, 0.3) is 0 Å². The molecule has 0 fully saturated rings. The van der Waals surface area contributed by atoms with E-state index in [0.717, 1.165) is 3.01 Å². The van der Waals surface area contributed by atoms with E-state index in [0.29, 0.717) is 5.01 Å². The zero-order valence-electron chi connectivity index (χ0n) is 7.41. The van der Waals surface area contributed by atoms with Crippen LogP contribution in [0.5, 0.6) is 0 Å². The summed E-state index contributed by atoms with van der Waals surface area (Å²) in [5.74, 6) is 0. The minimum absolute atomic E-state index is 0.541. The number of hydrogen-bond acceptors (Lipinski definition) is 5. The van der Waals surface area contributed by atoms with E-state index in [9.17, 15) is 8.42 Å². The van der Waals surface area contributed by atoms with Crippen LogP contribution < -0.4 is 0 Å². The van der Waals surface area contributed by atoms with E-state index in [4.69, 9.17) is 0 Å². The van der Waals surface area contributed by atoms with E-state index in [1.54, 1.807) is 13.8 Å². The predicted molar refractivity (Wildman–Crippen MR) is 60.5 cm³/mol. The third-order valence-corrected chi connectivity index (χ3v) is 5.93. The maximum Gasteiger partial charge on any atom is 0.178 e. The molecule has 0 aromatic carbocycles. The van der Waals surface area contributed by atoms with Gasteiger partial charge in [0, 0.05) is 6.26 Å². The average Bonchev–Trinajstić information content (AvgIpc) is 2.33. The molecule has 0 saturated heterocycles. The van der Waals surface area contributed by atoms with Crippen molar-refractivity contribution in [2.45, 2.75) is 18.6 Å². The minimum atomic E-state index is -3.14. The Morgan fingerprint density at radius 2 is 1.92 bits per heavy atom. The van der Waals surface area contributed by atoms with Crippen LogP contribution >= 0.6 is 33.9 Å². The zero-order valence-corrected chi connectivity index (χ0v) is 11.2. The first-order valence-corrected chi connectivity index (χ1v) is 7.23. The van der Waals surface area contributed by atoms with Crippen LogP contribution in [0.3, 0.4) is 0 Å². The highest BCUT2D eigenvalue weighted by Crippen LogP contribution is 2.31. The Bertz CT molecular complexity index is 410. The van der Waals surface area contributed by atoms with Crippen molar-refractivity contribution in [2.75, 3.05) is 6.26 Å². The lowest BCUT2D eigenvalue weighted by Crippen LogP contribution is -2.27. The van der Waals surface area contributed by atoms with Gasteiger partial charge in [0.15, 0.2) is 12.9 Å². The van der Waals surface area contributed by atoms with Gasteiger partial charge < -0.3 is 0 Å². The largest absolute Gasteiger partial charge is 0.228 e. The molecule has 0 radical (unpaired) electrons. The Labute approximate surface area is 94.8 Å². The molecule has 74 valence electrons. The topological polar surface area (TPSA) is 59.9 Å². The predicted octanol–water partition coefficient (Wildman–Crippen LogP) is 1.42. The van der Waals surface area contributed by atoms with Gasteiger partial charge in [-0.2, -0.15) is 0 Å². The first-order chi connectivity index (χ1) is 5.75. The molecule has 7 heteroatoms. The third kappa shape index (κ3) is 2.18. The van der Waals surface area contributed by atoms with Gasteiger partial charge in [-0.05, 0) is 36.4 Å². The first kappa shape index (κ1) is 11.3. The summed E-state index contributed by atoms with van der Waals surface area (Å²) < 4.78 is 22.6. The SMILES string of the molecule is CC(C)(c1nnc(I)s1)S(C)(=O)=O. The summed E-state index contributed by atoms with van der Waals surface area (Å²) in [6, 6.07) is 0. The molecular formula is C6H9IN2O2S2. The molecule has 1 aromatic rings. The number of nitrogens with zero attached hydrogens (tertiary/aromatic N) is 2. The Morgan fingerprint density at radius 1 is 1.38 bits per heavy atom. The Morgan fingerprint density at radius 3 is 2.23 bits per heavy atom. The van der Waals surface area contributed by atoms with Crippen molar-refractivity contribution in [3.8, 4) is 0 Å².